The molecule has 2 rings (SSSR count). The van der Waals surface area contributed by atoms with Gasteiger partial charge in [-0.2, -0.15) is 0 Å². The molecule has 1 N–H and O–H groups in total. The summed E-state index contributed by atoms with van der Waals surface area (Å²) in [6.45, 7) is 8.37. The van der Waals surface area contributed by atoms with Gasteiger partial charge in [0.2, 0.25) is 0 Å². The summed E-state index contributed by atoms with van der Waals surface area (Å²) >= 11 is 1.96. The molecule has 0 saturated heterocycles. The number of thiophene rings is 1. The van der Waals surface area contributed by atoms with Crippen molar-refractivity contribution in [2.45, 2.75) is 58.6 Å². The van der Waals surface area contributed by atoms with Gasteiger partial charge in [-0.05, 0) is 57.2 Å². The lowest BCUT2D eigenvalue weighted by atomic mass is 10.0. The van der Waals surface area contributed by atoms with Crippen LogP contribution in [0.25, 0.3) is 0 Å². The third-order valence-electron chi connectivity index (χ3n) is 3.80. The summed E-state index contributed by atoms with van der Waals surface area (Å²) in [6.07, 6.45) is 5.35. The summed E-state index contributed by atoms with van der Waals surface area (Å²) in [5, 5.41) is 3.65. The molecule has 0 bridgehead atoms. The molecule has 1 heterocycles. The highest BCUT2D eigenvalue weighted by molar-refractivity contribution is 7.11. The van der Waals surface area contributed by atoms with Crippen molar-refractivity contribution in [2.24, 2.45) is 5.92 Å². The second-order valence-corrected chi connectivity index (χ2v) is 6.60. The van der Waals surface area contributed by atoms with Gasteiger partial charge in [-0.1, -0.05) is 13.8 Å². The summed E-state index contributed by atoms with van der Waals surface area (Å²) in [5.41, 5.74) is 0. The molecular formula is C16H27NOS. The Morgan fingerprint density at radius 1 is 1.26 bits per heavy atom. The Hall–Kier alpha value is -0.380. The van der Waals surface area contributed by atoms with Crippen LogP contribution in [0, 0.1) is 5.92 Å². The van der Waals surface area contributed by atoms with Crippen LogP contribution in [0.4, 0.5) is 0 Å². The van der Waals surface area contributed by atoms with Crippen molar-refractivity contribution in [2.75, 3.05) is 13.2 Å². The van der Waals surface area contributed by atoms with Gasteiger partial charge in [0.15, 0.2) is 0 Å². The van der Waals surface area contributed by atoms with Crippen molar-refractivity contribution in [1.29, 1.82) is 0 Å². The molecule has 0 spiro atoms. The number of hydrogen-bond donors (Lipinski definition) is 1. The third kappa shape index (κ3) is 4.30. The van der Waals surface area contributed by atoms with Crippen LogP contribution in [0.3, 0.4) is 0 Å². The van der Waals surface area contributed by atoms with E-state index in [0.717, 1.165) is 31.9 Å². The second-order valence-electron chi connectivity index (χ2n) is 5.35. The monoisotopic (exact) mass is 281 g/mol. The number of ether oxygens (including phenoxy) is 1. The van der Waals surface area contributed by atoms with Gasteiger partial charge in [0.25, 0.3) is 0 Å². The molecule has 1 aliphatic rings. The predicted octanol–water partition coefficient (Wildman–Crippen LogP) is 3.65. The average molecular weight is 281 g/mol. The molecule has 1 aromatic heterocycles. The number of hydrogen-bond acceptors (Lipinski definition) is 3. The first-order valence-corrected chi connectivity index (χ1v) is 8.52. The maximum atomic E-state index is 6.03. The minimum Gasteiger partial charge on any atom is -0.377 e. The first kappa shape index (κ1) is 15.0. The third-order valence-corrected chi connectivity index (χ3v) is 5.05. The Balaban J connectivity index is 2.00. The standard InChI is InChI=1S/C16H27NOS/c1-4-13-9-10-14(19-13)11-15(17-5-2)16(18-6-3)12-7-8-12/h9-10,12,15-17H,4-8,11H2,1-3H3. The van der Waals surface area contributed by atoms with E-state index in [-0.39, 0.29) is 0 Å². The quantitative estimate of drug-likeness (QED) is 0.746. The predicted molar refractivity (Wildman–Crippen MR) is 83.0 cm³/mol. The molecule has 19 heavy (non-hydrogen) atoms. The summed E-state index contributed by atoms with van der Waals surface area (Å²) in [6, 6.07) is 5.04. The molecule has 1 saturated carbocycles. The average Bonchev–Trinajstić information content (AvgIpc) is 3.15. The number of aryl methyl sites for hydroxylation is 1. The minimum atomic E-state index is 0.400. The molecule has 0 radical (unpaired) electrons. The summed E-state index contributed by atoms with van der Waals surface area (Å²) < 4.78 is 6.03. The van der Waals surface area contributed by atoms with Crippen LogP contribution in [-0.4, -0.2) is 25.3 Å². The van der Waals surface area contributed by atoms with Gasteiger partial charge in [0.1, 0.15) is 0 Å². The fraction of sp³-hybridized carbons (Fsp3) is 0.750. The molecule has 2 atom stereocenters. The lowest BCUT2D eigenvalue weighted by molar-refractivity contribution is 0.0198. The molecule has 1 fully saturated rings. The topological polar surface area (TPSA) is 21.3 Å². The molecular weight excluding hydrogens is 254 g/mol. The van der Waals surface area contributed by atoms with E-state index in [1.807, 2.05) is 11.3 Å². The summed E-state index contributed by atoms with van der Waals surface area (Å²) in [4.78, 5) is 2.98. The molecule has 0 aliphatic heterocycles. The van der Waals surface area contributed by atoms with Crippen molar-refractivity contribution in [1.82, 2.24) is 5.32 Å². The van der Waals surface area contributed by atoms with Crippen LogP contribution in [0.1, 0.15) is 43.4 Å². The van der Waals surface area contributed by atoms with Crippen LogP contribution >= 0.6 is 11.3 Å². The lowest BCUT2D eigenvalue weighted by Gasteiger charge is -2.27. The van der Waals surface area contributed by atoms with Crippen LogP contribution in [0.5, 0.6) is 0 Å². The SMILES string of the molecule is CCNC(Cc1ccc(CC)s1)C(OCC)C1CC1. The van der Waals surface area contributed by atoms with E-state index in [1.165, 1.54) is 22.6 Å². The maximum Gasteiger partial charge on any atom is 0.0759 e. The summed E-state index contributed by atoms with van der Waals surface area (Å²) in [5.74, 6) is 0.787. The zero-order valence-electron chi connectivity index (χ0n) is 12.4. The van der Waals surface area contributed by atoms with Crippen LogP contribution in [0.15, 0.2) is 12.1 Å². The largest absolute Gasteiger partial charge is 0.377 e. The fourth-order valence-electron chi connectivity index (χ4n) is 2.70. The second kappa shape index (κ2) is 7.41. The zero-order chi connectivity index (χ0) is 13.7. The van der Waals surface area contributed by atoms with E-state index in [9.17, 15) is 0 Å². The zero-order valence-corrected chi connectivity index (χ0v) is 13.3. The van der Waals surface area contributed by atoms with E-state index in [0.29, 0.717) is 12.1 Å². The van der Waals surface area contributed by atoms with Crippen molar-refractivity contribution in [3.63, 3.8) is 0 Å². The van der Waals surface area contributed by atoms with Crippen LogP contribution < -0.4 is 5.32 Å². The van der Waals surface area contributed by atoms with E-state index < -0.39 is 0 Å². The Kier molecular flexibility index (Phi) is 5.86. The molecule has 3 heteroatoms. The minimum absolute atomic E-state index is 0.400. The van der Waals surface area contributed by atoms with Crippen LogP contribution in [0.2, 0.25) is 0 Å². The van der Waals surface area contributed by atoms with Gasteiger partial charge in [-0.15, -0.1) is 11.3 Å². The van der Waals surface area contributed by atoms with Gasteiger partial charge >= 0.3 is 0 Å². The van der Waals surface area contributed by atoms with E-state index in [1.54, 1.807) is 0 Å². The summed E-state index contributed by atoms with van der Waals surface area (Å²) in [7, 11) is 0. The normalized spacial score (nSPS) is 18.5. The smallest absolute Gasteiger partial charge is 0.0759 e. The molecule has 108 valence electrons. The number of rotatable bonds is 9. The molecule has 1 aromatic rings. The molecule has 1 aliphatic carbocycles. The molecule has 0 amide bonds. The Morgan fingerprint density at radius 3 is 2.53 bits per heavy atom. The maximum absolute atomic E-state index is 6.03. The van der Waals surface area contributed by atoms with E-state index in [4.69, 9.17) is 4.74 Å². The van der Waals surface area contributed by atoms with Crippen molar-refractivity contribution in [3.8, 4) is 0 Å². The van der Waals surface area contributed by atoms with E-state index >= 15 is 0 Å². The Morgan fingerprint density at radius 2 is 2.00 bits per heavy atom. The van der Waals surface area contributed by atoms with Gasteiger partial charge < -0.3 is 10.1 Å². The van der Waals surface area contributed by atoms with Crippen molar-refractivity contribution >= 4 is 11.3 Å². The van der Waals surface area contributed by atoms with Crippen molar-refractivity contribution < 1.29 is 4.74 Å². The highest BCUT2D eigenvalue weighted by atomic mass is 32.1. The van der Waals surface area contributed by atoms with E-state index in [2.05, 4.69) is 38.2 Å². The van der Waals surface area contributed by atoms with Gasteiger partial charge in [0.05, 0.1) is 6.10 Å². The molecule has 0 aromatic carbocycles. The molecule has 2 unspecified atom stereocenters. The Bertz CT molecular complexity index is 373. The van der Waals surface area contributed by atoms with Crippen LogP contribution in [-0.2, 0) is 17.6 Å². The first-order valence-electron chi connectivity index (χ1n) is 7.71. The first-order chi connectivity index (χ1) is 9.28. The highest BCUT2D eigenvalue weighted by Crippen LogP contribution is 2.37. The highest BCUT2D eigenvalue weighted by Gasteiger charge is 2.37. The number of nitrogens with one attached hydrogen (secondary N) is 1. The Labute approximate surface area is 121 Å². The van der Waals surface area contributed by atoms with Gasteiger partial charge in [0, 0.05) is 22.4 Å². The van der Waals surface area contributed by atoms with Crippen molar-refractivity contribution in [3.05, 3.63) is 21.9 Å². The molecule has 2 nitrogen and oxygen atoms in total. The lowest BCUT2D eigenvalue weighted by Crippen LogP contribution is -2.44. The number of likely N-dealkylation sites (N-methyl/N-ethyl adjacent to an activating group) is 1. The van der Waals surface area contributed by atoms with Gasteiger partial charge in [-0.3, -0.25) is 0 Å². The van der Waals surface area contributed by atoms with Gasteiger partial charge in [-0.25, -0.2) is 0 Å². The fourth-order valence-corrected chi connectivity index (χ4v) is 3.72.